The van der Waals surface area contributed by atoms with Crippen LogP contribution >= 0.6 is 15.9 Å². The third kappa shape index (κ3) is 4.96. The maximum absolute atomic E-state index is 11.5. The number of hydrogen-bond donors (Lipinski definition) is 1. The van der Waals surface area contributed by atoms with Crippen LogP contribution in [-0.4, -0.2) is 18.8 Å². The van der Waals surface area contributed by atoms with Crippen LogP contribution in [0, 0.1) is 0 Å². The molecule has 1 amide bonds. The van der Waals surface area contributed by atoms with Gasteiger partial charge in [0.15, 0.2) is 0 Å². The molecule has 0 saturated heterocycles. The molecule has 0 spiro atoms. The van der Waals surface area contributed by atoms with Crippen LogP contribution in [0.15, 0.2) is 22.7 Å². The van der Waals surface area contributed by atoms with Gasteiger partial charge in [-0.2, -0.15) is 0 Å². The van der Waals surface area contributed by atoms with Crippen molar-refractivity contribution in [3.63, 3.8) is 0 Å². The SMILES string of the molecule is COc1ccc(CNC(=O)OC(C)(C)C)cc1Br. The van der Waals surface area contributed by atoms with Crippen LogP contribution in [0.2, 0.25) is 0 Å². The van der Waals surface area contributed by atoms with Gasteiger partial charge < -0.3 is 14.8 Å². The molecule has 18 heavy (non-hydrogen) atoms. The van der Waals surface area contributed by atoms with Crippen molar-refractivity contribution in [2.45, 2.75) is 32.9 Å². The summed E-state index contributed by atoms with van der Waals surface area (Å²) < 4.78 is 11.1. The van der Waals surface area contributed by atoms with Crippen molar-refractivity contribution in [2.24, 2.45) is 0 Å². The van der Waals surface area contributed by atoms with Gasteiger partial charge in [0.25, 0.3) is 0 Å². The molecule has 0 saturated carbocycles. The molecule has 1 N–H and O–H groups in total. The van der Waals surface area contributed by atoms with Crippen LogP contribution in [0.4, 0.5) is 4.79 Å². The number of nitrogens with one attached hydrogen (secondary N) is 1. The average molecular weight is 316 g/mol. The molecule has 1 aromatic rings. The minimum absolute atomic E-state index is 0.414. The molecule has 5 heteroatoms. The summed E-state index contributed by atoms with van der Waals surface area (Å²) >= 11 is 3.39. The summed E-state index contributed by atoms with van der Waals surface area (Å²) in [6.45, 7) is 5.90. The molecule has 0 radical (unpaired) electrons. The van der Waals surface area contributed by atoms with Crippen molar-refractivity contribution in [1.82, 2.24) is 5.32 Å². The predicted molar refractivity (Wildman–Crippen MR) is 73.8 cm³/mol. The van der Waals surface area contributed by atoms with E-state index in [2.05, 4.69) is 21.2 Å². The maximum atomic E-state index is 11.5. The van der Waals surface area contributed by atoms with Crippen LogP contribution in [0.1, 0.15) is 26.3 Å². The first-order chi connectivity index (χ1) is 8.31. The van der Waals surface area contributed by atoms with Gasteiger partial charge in [-0.25, -0.2) is 4.79 Å². The first-order valence-electron chi connectivity index (χ1n) is 5.61. The fraction of sp³-hybridized carbons (Fsp3) is 0.462. The highest BCUT2D eigenvalue weighted by molar-refractivity contribution is 9.10. The predicted octanol–water partition coefficient (Wildman–Crippen LogP) is 3.48. The topological polar surface area (TPSA) is 47.6 Å². The number of hydrogen-bond acceptors (Lipinski definition) is 3. The third-order valence-electron chi connectivity index (χ3n) is 2.05. The maximum Gasteiger partial charge on any atom is 0.407 e. The van der Waals surface area contributed by atoms with Gasteiger partial charge in [-0.1, -0.05) is 6.07 Å². The normalized spacial score (nSPS) is 10.9. The second-order valence-corrected chi connectivity index (χ2v) is 5.68. The average Bonchev–Trinajstić information content (AvgIpc) is 2.24. The zero-order valence-electron chi connectivity index (χ0n) is 11.0. The third-order valence-corrected chi connectivity index (χ3v) is 2.67. The van der Waals surface area contributed by atoms with Gasteiger partial charge in [-0.15, -0.1) is 0 Å². The summed E-state index contributed by atoms with van der Waals surface area (Å²) in [5.41, 5.74) is 0.485. The Kier molecular flexibility index (Phi) is 5.02. The zero-order valence-corrected chi connectivity index (χ0v) is 12.6. The minimum atomic E-state index is -0.482. The number of amides is 1. The van der Waals surface area contributed by atoms with E-state index in [4.69, 9.17) is 9.47 Å². The quantitative estimate of drug-likeness (QED) is 0.929. The van der Waals surface area contributed by atoms with Crippen molar-refractivity contribution >= 4 is 22.0 Å². The van der Waals surface area contributed by atoms with Crippen molar-refractivity contribution in [1.29, 1.82) is 0 Å². The van der Waals surface area contributed by atoms with E-state index < -0.39 is 11.7 Å². The molecule has 1 aromatic carbocycles. The van der Waals surface area contributed by atoms with Gasteiger partial charge in [0.05, 0.1) is 11.6 Å². The number of methoxy groups -OCH3 is 1. The number of rotatable bonds is 3. The van der Waals surface area contributed by atoms with Crippen molar-refractivity contribution in [3.05, 3.63) is 28.2 Å². The lowest BCUT2D eigenvalue weighted by Gasteiger charge is -2.19. The monoisotopic (exact) mass is 315 g/mol. The summed E-state index contributed by atoms with van der Waals surface area (Å²) in [4.78, 5) is 11.5. The molecule has 4 nitrogen and oxygen atoms in total. The van der Waals surface area contributed by atoms with Gasteiger partial charge in [-0.05, 0) is 54.4 Å². The lowest BCUT2D eigenvalue weighted by atomic mass is 10.2. The Bertz CT molecular complexity index is 427. The van der Waals surface area contributed by atoms with Gasteiger partial charge in [0, 0.05) is 6.54 Å². The number of carbonyl (C=O) groups excluding carboxylic acids is 1. The van der Waals surface area contributed by atoms with E-state index >= 15 is 0 Å². The van der Waals surface area contributed by atoms with E-state index in [1.54, 1.807) is 7.11 Å². The smallest absolute Gasteiger partial charge is 0.407 e. The van der Waals surface area contributed by atoms with Gasteiger partial charge in [0.1, 0.15) is 11.4 Å². The lowest BCUT2D eigenvalue weighted by molar-refractivity contribution is 0.0523. The van der Waals surface area contributed by atoms with E-state index in [0.29, 0.717) is 6.54 Å². The van der Waals surface area contributed by atoms with E-state index in [9.17, 15) is 4.79 Å². The van der Waals surface area contributed by atoms with E-state index in [0.717, 1.165) is 15.8 Å². The molecule has 0 heterocycles. The molecule has 0 aliphatic carbocycles. The minimum Gasteiger partial charge on any atom is -0.496 e. The van der Waals surface area contributed by atoms with Crippen LogP contribution in [0.5, 0.6) is 5.75 Å². The summed E-state index contributed by atoms with van der Waals surface area (Å²) in [6, 6.07) is 5.63. The Morgan fingerprint density at radius 2 is 2.06 bits per heavy atom. The van der Waals surface area contributed by atoms with Gasteiger partial charge in [-0.3, -0.25) is 0 Å². The number of halogens is 1. The fourth-order valence-electron chi connectivity index (χ4n) is 1.31. The molecule has 100 valence electrons. The van der Waals surface area contributed by atoms with Crippen LogP contribution in [0.3, 0.4) is 0 Å². The summed E-state index contributed by atoms with van der Waals surface area (Å²) in [7, 11) is 1.61. The Labute approximate surface area is 116 Å². The fourth-order valence-corrected chi connectivity index (χ4v) is 1.90. The highest BCUT2D eigenvalue weighted by atomic mass is 79.9. The van der Waals surface area contributed by atoms with Crippen molar-refractivity contribution in [3.8, 4) is 5.75 Å². The molecule has 0 atom stereocenters. The number of carbonyl (C=O) groups is 1. The highest BCUT2D eigenvalue weighted by Crippen LogP contribution is 2.25. The Balaban J connectivity index is 2.54. The van der Waals surface area contributed by atoms with Gasteiger partial charge in [0.2, 0.25) is 0 Å². The van der Waals surface area contributed by atoms with Gasteiger partial charge >= 0.3 is 6.09 Å². The summed E-state index contributed by atoms with van der Waals surface area (Å²) in [5, 5.41) is 2.70. The largest absolute Gasteiger partial charge is 0.496 e. The van der Waals surface area contributed by atoms with E-state index in [1.165, 1.54) is 0 Å². The molecule has 0 fully saturated rings. The number of alkyl carbamates (subject to hydrolysis) is 1. The standard InChI is InChI=1S/C13H18BrNO3/c1-13(2,3)18-12(16)15-8-9-5-6-11(17-4)10(14)7-9/h5-7H,8H2,1-4H3,(H,15,16). The summed E-state index contributed by atoms with van der Waals surface area (Å²) in [5.74, 6) is 0.760. The van der Waals surface area contributed by atoms with Crippen LogP contribution in [0.25, 0.3) is 0 Å². The molecule has 0 unspecified atom stereocenters. The molecule has 1 rings (SSSR count). The lowest BCUT2D eigenvalue weighted by Crippen LogP contribution is -2.32. The van der Waals surface area contributed by atoms with Crippen LogP contribution in [-0.2, 0) is 11.3 Å². The Morgan fingerprint density at radius 3 is 2.56 bits per heavy atom. The molecular weight excluding hydrogens is 298 g/mol. The van der Waals surface area contributed by atoms with E-state index in [-0.39, 0.29) is 0 Å². The second-order valence-electron chi connectivity index (χ2n) is 4.82. The first-order valence-corrected chi connectivity index (χ1v) is 6.40. The zero-order chi connectivity index (χ0) is 13.8. The Morgan fingerprint density at radius 1 is 1.39 bits per heavy atom. The first kappa shape index (κ1) is 14.8. The van der Waals surface area contributed by atoms with Crippen LogP contribution < -0.4 is 10.1 Å². The van der Waals surface area contributed by atoms with E-state index in [1.807, 2.05) is 39.0 Å². The van der Waals surface area contributed by atoms with Crippen molar-refractivity contribution < 1.29 is 14.3 Å². The molecule has 0 bridgehead atoms. The number of benzene rings is 1. The molecule has 0 aromatic heterocycles. The highest BCUT2D eigenvalue weighted by Gasteiger charge is 2.15. The molecule has 0 aliphatic rings. The van der Waals surface area contributed by atoms with Crippen molar-refractivity contribution in [2.75, 3.05) is 7.11 Å². The number of ether oxygens (including phenoxy) is 2. The molecule has 0 aliphatic heterocycles. The Hall–Kier alpha value is -1.23. The molecular formula is C13H18BrNO3. The second kappa shape index (κ2) is 6.09. The summed E-state index contributed by atoms with van der Waals surface area (Å²) in [6.07, 6.45) is -0.422.